The molecule has 1 amide bonds. The van der Waals surface area contributed by atoms with E-state index >= 15 is 0 Å². The Kier molecular flexibility index (Phi) is 4.54. The topological polar surface area (TPSA) is 62.0 Å². The largest absolute Gasteiger partial charge is 0.446 e. The van der Waals surface area contributed by atoms with Crippen LogP contribution in [0.15, 0.2) is 64.4 Å². The number of halogens is 3. The molecule has 1 heterocycles. The van der Waals surface area contributed by atoms with E-state index in [4.69, 9.17) is 0 Å². The molecule has 0 unspecified atom stereocenters. The Morgan fingerprint density at radius 1 is 1.08 bits per heavy atom. The molecule has 25 heavy (non-hydrogen) atoms. The fraction of sp³-hybridized carbons (Fsp3) is 0.0588. The van der Waals surface area contributed by atoms with E-state index < -0.39 is 16.8 Å². The Bertz CT molecular complexity index is 999. The lowest BCUT2D eigenvalue weighted by molar-refractivity contribution is -0.0328. The molecule has 8 heteroatoms. The van der Waals surface area contributed by atoms with E-state index in [2.05, 4.69) is 10.3 Å². The Hall–Kier alpha value is -2.74. The van der Waals surface area contributed by atoms with Crippen molar-refractivity contribution in [3.05, 3.63) is 70.5 Å². The lowest BCUT2D eigenvalue weighted by atomic mass is 10.1. The zero-order chi connectivity index (χ0) is 18.0. The number of carbonyl (C=O) groups is 1. The molecule has 0 fully saturated rings. The van der Waals surface area contributed by atoms with Crippen molar-refractivity contribution in [2.75, 3.05) is 5.32 Å². The van der Waals surface area contributed by atoms with Crippen molar-refractivity contribution in [1.29, 1.82) is 0 Å². The minimum Gasteiger partial charge on any atom is -0.360 e. The lowest BCUT2D eigenvalue weighted by Crippen LogP contribution is -2.21. The van der Waals surface area contributed by atoms with E-state index in [1.165, 1.54) is 30.5 Å². The number of benzene rings is 2. The van der Waals surface area contributed by atoms with Crippen LogP contribution in [0.3, 0.4) is 0 Å². The van der Waals surface area contributed by atoms with E-state index in [0.717, 1.165) is 0 Å². The highest BCUT2D eigenvalue weighted by atomic mass is 32.2. The first-order valence-electron chi connectivity index (χ1n) is 7.11. The Morgan fingerprint density at radius 2 is 1.84 bits per heavy atom. The quantitative estimate of drug-likeness (QED) is 0.678. The smallest absolute Gasteiger partial charge is 0.360 e. The summed E-state index contributed by atoms with van der Waals surface area (Å²) in [6.07, 6.45) is 1.29. The van der Waals surface area contributed by atoms with Gasteiger partial charge < -0.3 is 10.3 Å². The summed E-state index contributed by atoms with van der Waals surface area (Å²) in [6, 6.07) is 12.1. The van der Waals surface area contributed by atoms with Gasteiger partial charge in [0.15, 0.2) is 0 Å². The van der Waals surface area contributed by atoms with Crippen LogP contribution in [0.4, 0.5) is 18.9 Å². The van der Waals surface area contributed by atoms with Crippen LogP contribution in [0.1, 0.15) is 10.4 Å². The van der Waals surface area contributed by atoms with Crippen molar-refractivity contribution in [2.24, 2.45) is 0 Å². The van der Waals surface area contributed by atoms with Gasteiger partial charge >= 0.3 is 5.51 Å². The summed E-state index contributed by atoms with van der Waals surface area (Å²) >= 11 is -0.276. The normalized spacial score (nSPS) is 11.5. The molecular weight excluding hydrogens is 353 g/mol. The van der Waals surface area contributed by atoms with Crippen molar-refractivity contribution < 1.29 is 18.0 Å². The number of H-pyrrole nitrogens is 1. The van der Waals surface area contributed by atoms with Crippen molar-refractivity contribution in [2.45, 2.75) is 10.4 Å². The van der Waals surface area contributed by atoms with E-state index in [0.29, 0.717) is 10.9 Å². The molecule has 2 N–H and O–H groups in total. The van der Waals surface area contributed by atoms with E-state index in [9.17, 15) is 22.8 Å². The van der Waals surface area contributed by atoms with Crippen molar-refractivity contribution in [3.8, 4) is 0 Å². The molecule has 3 rings (SSSR count). The molecule has 0 saturated carbocycles. The van der Waals surface area contributed by atoms with Gasteiger partial charge in [0.1, 0.15) is 5.56 Å². The summed E-state index contributed by atoms with van der Waals surface area (Å²) < 4.78 is 37.3. The molecule has 1 aromatic heterocycles. The summed E-state index contributed by atoms with van der Waals surface area (Å²) in [4.78, 5) is 27.5. The number of hydrogen-bond acceptors (Lipinski definition) is 3. The Labute approximate surface area is 144 Å². The fourth-order valence-corrected chi connectivity index (χ4v) is 2.91. The molecule has 2 aromatic carbocycles. The highest BCUT2D eigenvalue weighted by Gasteiger charge is 2.29. The number of carbonyl (C=O) groups excluding carboxylic acids is 1. The number of para-hydroxylation sites is 1. The summed E-state index contributed by atoms with van der Waals surface area (Å²) in [6.45, 7) is 0. The van der Waals surface area contributed by atoms with Gasteiger partial charge in [0.2, 0.25) is 5.43 Å². The van der Waals surface area contributed by atoms with Gasteiger partial charge in [-0.2, -0.15) is 13.2 Å². The van der Waals surface area contributed by atoms with E-state index in [1.807, 2.05) is 0 Å². The van der Waals surface area contributed by atoms with Gasteiger partial charge in [0, 0.05) is 27.7 Å². The predicted molar refractivity (Wildman–Crippen MR) is 90.9 cm³/mol. The second-order valence-corrected chi connectivity index (χ2v) is 6.25. The SMILES string of the molecule is O=C(Nc1cccc(SC(F)(F)F)c1)c1c[nH]c2ccccc2c1=O. The van der Waals surface area contributed by atoms with Crippen LogP contribution in [-0.2, 0) is 0 Å². The van der Waals surface area contributed by atoms with Crippen LogP contribution in [0.25, 0.3) is 10.9 Å². The second kappa shape index (κ2) is 6.64. The molecule has 0 aliphatic heterocycles. The highest BCUT2D eigenvalue weighted by Crippen LogP contribution is 2.37. The number of amides is 1. The minimum atomic E-state index is -4.42. The van der Waals surface area contributed by atoms with Crippen LogP contribution in [0.5, 0.6) is 0 Å². The number of nitrogens with one attached hydrogen (secondary N) is 2. The van der Waals surface area contributed by atoms with Gasteiger partial charge in [-0.25, -0.2) is 0 Å². The number of alkyl halides is 3. The van der Waals surface area contributed by atoms with Gasteiger partial charge in [0.25, 0.3) is 5.91 Å². The maximum absolute atomic E-state index is 12.4. The lowest BCUT2D eigenvalue weighted by Gasteiger charge is -2.09. The first-order valence-corrected chi connectivity index (χ1v) is 7.93. The van der Waals surface area contributed by atoms with Gasteiger partial charge in [-0.1, -0.05) is 18.2 Å². The second-order valence-electron chi connectivity index (χ2n) is 5.11. The van der Waals surface area contributed by atoms with Crippen molar-refractivity contribution in [3.63, 3.8) is 0 Å². The zero-order valence-electron chi connectivity index (χ0n) is 12.6. The molecule has 128 valence electrons. The molecule has 0 radical (unpaired) electrons. The molecule has 0 saturated heterocycles. The molecule has 4 nitrogen and oxygen atoms in total. The molecule has 0 atom stereocenters. The molecule has 3 aromatic rings. The van der Waals surface area contributed by atoms with E-state index in [-0.39, 0.29) is 27.9 Å². The van der Waals surface area contributed by atoms with Crippen LogP contribution >= 0.6 is 11.8 Å². The summed E-state index contributed by atoms with van der Waals surface area (Å²) in [5, 5.41) is 2.81. The van der Waals surface area contributed by atoms with Crippen LogP contribution in [0.2, 0.25) is 0 Å². The average Bonchev–Trinajstić information content (AvgIpc) is 2.54. The summed E-state index contributed by atoms with van der Waals surface area (Å²) in [7, 11) is 0. The molecular formula is C17H11F3N2O2S. The zero-order valence-corrected chi connectivity index (χ0v) is 13.4. The number of aromatic nitrogens is 1. The maximum atomic E-state index is 12.4. The fourth-order valence-electron chi connectivity index (χ4n) is 2.31. The molecule has 0 aliphatic rings. The standard InChI is InChI=1S/C17H11F3N2O2S/c18-17(19,20)25-11-5-3-4-10(8-11)22-16(24)13-9-21-14-7-2-1-6-12(14)15(13)23/h1-9H,(H,21,23)(H,22,24). The number of anilines is 1. The molecule has 0 aliphatic carbocycles. The van der Waals surface area contributed by atoms with Gasteiger partial charge in [0.05, 0.1) is 0 Å². The number of hydrogen-bond donors (Lipinski definition) is 2. The maximum Gasteiger partial charge on any atom is 0.446 e. The van der Waals surface area contributed by atoms with E-state index in [1.54, 1.807) is 24.3 Å². The monoisotopic (exact) mass is 364 g/mol. The third-order valence-electron chi connectivity index (χ3n) is 3.36. The first-order chi connectivity index (χ1) is 11.8. The minimum absolute atomic E-state index is 0.0577. The number of pyridine rings is 1. The number of aromatic amines is 1. The van der Waals surface area contributed by atoms with Crippen molar-refractivity contribution >= 4 is 34.3 Å². The predicted octanol–water partition coefficient (Wildman–Crippen LogP) is 4.39. The van der Waals surface area contributed by atoms with Gasteiger partial charge in [-0.15, -0.1) is 0 Å². The summed E-state index contributed by atoms with van der Waals surface area (Å²) in [5.41, 5.74) is -4.22. The molecule has 0 spiro atoms. The third-order valence-corrected chi connectivity index (χ3v) is 4.08. The highest BCUT2D eigenvalue weighted by molar-refractivity contribution is 8.00. The summed E-state index contributed by atoms with van der Waals surface area (Å²) in [5.74, 6) is -0.693. The molecule has 0 bridgehead atoms. The van der Waals surface area contributed by atoms with Gasteiger partial charge in [-0.3, -0.25) is 9.59 Å². The first kappa shape index (κ1) is 17.1. The van der Waals surface area contributed by atoms with Crippen molar-refractivity contribution in [1.82, 2.24) is 4.98 Å². The third kappa shape index (κ3) is 4.03. The average molecular weight is 364 g/mol. The van der Waals surface area contributed by atoms with Gasteiger partial charge in [-0.05, 0) is 42.1 Å². The number of rotatable bonds is 3. The van der Waals surface area contributed by atoms with Crippen LogP contribution < -0.4 is 10.7 Å². The Balaban J connectivity index is 1.87. The van der Waals surface area contributed by atoms with Crippen LogP contribution in [0, 0.1) is 0 Å². The number of thioether (sulfide) groups is 1. The number of fused-ring (bicyclic) bond motifs is 1. The van der Waals surface area contributed by atoms with Crippen LogP contribution in [-0.4, -0.2) is 16.4 Å². The Morgan fingerprint density at radius 3 is 2.60 bits per heavy atom.